The van der Waals surface area contributed by atoms with Crippen molar-refractivity contribution in [2.75, 3.05) is 11.3 Å². The number of imidazole rings is 1. The molecule has 0 fully saturated rings. The largest absolute Gasteiger partial charge is 0.491 e. The van der Waals surface area contributed by atoms with Crippen LogP contribution in [0.5, 0.6) is 5.75 Å². The van der Waals surface area contributed by atoms with Gasteiger partial charge in [-0.2, -0.15) is 0 Å². The fourth-order valence-corrected chi connectivity index (χ4v) is 4.12. The third-order valence-electron chi connectivity index (χ3n) is 4.53. The standard InChI is InChI=1S/C21H19FN4O3S/c1-3-29-20-8-7-16(12-17(20)22)30(27,28)25-18-11-15(6-5-14(18)2)19-13-26-10-4-9-23-21(26)24-19/h4-13,25H,3H2,1-2H3. The molecule has 0 unspecified atom stereocenters. The first-order chi connectivity index (χ1) is 14.4. The average Bonchev–Trinajstić information content (AvgIpc) is 3.15. The molecule has 2 aromatic heterocycles. The van der Waals surface area contributed by atoms with Crippen molar-refractivity contribution in [3.05, 3.63) is 72.4 Å². The van der Waals surface area contributed by atoms with Gasteiger partial charge in [0.25, 0.3) is 10.0 Å². The third kappa shape index (κ3) is 3.84. The maximum absolute atomic E-state index is 14.1. The van der Waals surface area contributed by atoms with Gasteiger partial charge in [-0.15, -0.1) is 0 Å². The first kappa shape index (κ1) is 19.8. The van der Waals surface area contributed by atoms with E-state index in [2.05, 4.69) is 14.7 Å². The number of hydrogen-bond acceptors (Lipinski definition) is 5. The molecule has 30 heavy (non-hydrogen) atoms. The van der Waals surface area contributed by atoms with Crippen LogP contribution in [0.3, 0.4) is 0 Å². The molecule has 0 amide bonds. The molecule has 0 saturated carbocycles. The fraction of sp³-hybridized carbons (Fsp3) is 0.143. The summed E-state index contributed by atoms with van der Waals surface area (Å²) >= 11 is 0. The molecular formula is C21H19FN4O3S. The molecule has 0 aliphatic carbocycles. The van der Waals surface area contributed by atoms with Crippen molar-refractivity contribution in [2.45, 2.75) is 18.7 Å². The quantitative estimate of drug-likeness (QED) is 0.503. The lowest BCUT2D eigenvalue weighted by Gasteiger charge is -2.13. The molecule has 0 spiro atoms. The summed E-state index contributed by atoms with van der Waals surface area (Å²) in [5, 5.41) is 0. The number of nitrogens with zero attached hydrogens (tertiary/aromatic N) is 3. The molecule has 0 bridgehead atoms. The summed E-state index contributed by atoms with van der Waals surface area (Å²) in [7, 11) is -4.00. The van der Waals surface area contributed by atoms with E-state index in [1.54, 1.807) is 42.6 Å². The lowest BCUT2D eigenvalue weighted by molar-refractivity contribution is 0.321. The molecule has 0 aliphatic heterocycles. The maximum atomic E-state index is 14.1. The lowest BCUT2D eigenvalue weighted by atomic mass is 10.1. The number of nitrogens with one attached hydrogen (secondary N) is 1. The Morgan fingerprint density at radius 2 is 2.03 bits per heavy atom. The number of sulfonamides is 1. The highest BCUT2D eigenvalue weighted by molar-refractivity contribution is 7.92. The highest BCUT2D eigenvalue weighted by Crippen LogP contribution is 2.28. The molecule has 0 aliphatic rings. The van der Waals surface area contributed by atoms with Gasteiger partial charge >= 0.3 is 0 Å². The van der Waals surface area contributed by atoms with Gasteiger partial charge in [-0.25, -0.2) is 22.8 Å². The number of halogens is 1. The number of ether oxygens (including phenoxy) is 1. The smallest absolute Gasteiger partial charge is 0.262 e. The van der Waals surface area contributed by atoms with E-state index in [1.165, 1.54) is 12.1 Å². The molecule has 0 saturated heterocycles. The Balaban J connectivity index is 1.67. The number of aryl methyl sites for hydroxylation is 1. The fourth-order valence-electron chi connectivity index (χ4n) is 2.99. The van der Waals surface area contributed by atoms with Crippen LogP contribution in [-0.2, 0) is 10.0 Å². The summed E-state index contributed by atoms with van der Waals surface area (Å²) < 4.78 is 49.2. The van der Waals surface area contributed by atoms with Crippen molar-refractivity contribution >= 4 is 21.5 Å². The van der Waals surface area contributed by atoms with E-state index >= 15 is 0 Å². The van der Waals surface area contributed by atoms with E-state index in [0.717, 1.165) is 17.2 Å². The molecule has 0 atom stereocenters. The second kappa shape index (κ2) is 7.75. The summed E-state index contributed by atoms with van der Waals surface area (Å²) in [6.07, 6.45) is 5.29. The Labute approximate surface area is 173 Å². The van der Waals surface area contributed by atoms with Gasteiger partial charge in [-0.05, 0) is 49.7 Å². The summed E-state index contributed by atoms with van der Waals surface area (Å²) in [6, 6.07) is 10.7. The minimum absolute atomic E-state index is 0.00934. The summed E-state index contributed by atoms with van der Waals surface area (Å²) in [5.41, 5.74) is 2.48. The van der Waals surface area contributed by atoms with E-state index in [0.29, 0.717) is 17.2 Å². The van der Waals surface area contributed by atoms with E-state index < -0.39 is 15.8 Å². The molecule has 2 aromatic carbocycles. The Morgan fingerprint density at radius 1 is 1.20 bits per heavy atom. The summed E-state index contributed by atoms with van der Waals surface area (Å²) in [5.74, 6) is -0.183. The van der Waals surface area contributed by atoms with Crippen LogP contribution in [0, 0.1) is 12.7 Å². The number of rotatable bonds is 6. The van der Waals surface area contributed by atoms with Crippen LogP contribution in [0.2, 0.25) is 0 Å². The zero-order valence-electron chi connectivity index (χ0n) is 16.3. The molecule has 7 nitrogen and oxygen atoms in total. The van der Waals surface area contributed by atoms with E-state index in [9.17, 15) is 12.8 Å². The molecule has 2 heterocycles. The number of benzene rings is 2. The normalized spacial score (nSPS) is 11.6. The third-order valence-corrected chi connectivity index (χ3v) is 5.89. The zero-order valence-corrected chi connectivity index (χ0v) is 17.1. The van der Waals surface area contributed by atoms with Crippen LogP contribution in [-0.4, -0.2) is 29.4 Å². The predicted molar refractivity (Wildman–Crippen MR) is 112 cm³/mol. The van der Waals surface area contributed by atoms with Gasteiger partial charge in [0, 0.05) is 24.2 Å². The molecule has 154 valence electrons. The predicted octanol–water partition coefficient (Wildman–Crippen LogP) is 4.04. The zero-order chi connectivity index (χ0) is 21.3. The van der Waals surface area contributed by atoms with Crippen LogP contribution >= 0.6 is 0 Å². The number of aromatic nitrogens is 3. The highest BCUT2D eigenvalue weighted by atomic mass is 32.2. The minimum Gasteiger partial charge on any atom is -0.491 e. The van der Waals surface area contributed by atoms with Crippen LogP contribution in [0.1, 0.15) is 12.5 Å². The second-order valence-corrected chi connectivity index (χ2v) is 8.30. The summed E-state index contributed by atoms with van der Waals surface area (Å²) in [6.45, 7) is 3.79. The Bertz CT molecular complexity index is 1300. The Morgan fingerprint density at radius 3 is 2.77 bits per heavy atom. The molecule has 4 aromatic rings. The first-order valence-electron chi connectivity index (χ1n) is 9.23. The lowest BCUT2D eigenvalue weighted by Crippen LogP contribution is -2.14. The van der Waals surface area contributed by atoms with Crippen LogP contribution in [0.15, 0.2) is 66.0 Å². The Hall–Kier alpha value is -3.46. The number of anilines is 1. The maximum Gasteiger partial charge on any atom is 0.262 e. The van der Waals surface area contributed by atoms with Crippen molar-refractivity contribution in [1.82, 2.24) is 14.4 Å². The van der Waals surface area contributed by atoms with Crippen molar-refractivity contribution in [2.24, 2.45) is 0 Å². The van der Waals surface area contributed by atoms with Gasteiger partial charge < -0.3 is 4.74 Å². The SMILES string of the molecule is CCOc1ccc(S(=O)(=O)Nc2cc(-c3cn4cccnc4n3)ccc2C)cc1F. The highest BCUT2D eigenvalue weighted by Gasteiger charge is 2.18. The Kier molecular flexibility index (Phi) is 5.13. The van der Waals surface area contributed by atoms with Gasteiger partial charge in [0.15, 0.2) is 11.6 Å². The average molecular weight is 426 g/mol. The van der Waals surface area contributed by atoms with Crippen LogP contribution in [0.4, 0.5) is 10.1 Å². The molecule has 9 heteroatoms. The van der Waals surface area contributed by atoms with Gasteiger partial charge in [-0.3, -0.25) is 9.12 Å². The van der Waals surface area contributed by atoms with Crippen LogP contribution < -0.4 is 9.46 Å². The molecule has 1 N–H and O–H groups in total. The molecule has 4 rings (SSSR count). The van der Waals surface area contributed by atoms with Crippen molar-refractivity contribution in [3.8, 4) is 17.0 Å². The molecular weight excluding hydrogens is 407 g/mol. The van der Waals surface area contributed by atoms with Gasteiger partial charge in [0.05, 0.1) is 22.9 Å². The topological polar surface area (TPSA) is 85.6 Å². The van der Waals surface area contributed by atoms with Crippen molar-refractivity contribution in [1.29, 1.82) is 0 Å². The van der Waals surface area contributed by atoms with Crippen molar-refractivity contribution in [3.63, 3.8) is 0 Å². The van der Waals surface area contributed by atoms with Gasteiger partial charge in [0.1, 0.15) is 0 Å². The van der Waals surface area contributed by atoms with Gasteiger partial charge in [0.2, 0.25) is 5.78 Å². The summed E-state index contributed by atoms with van der Waals surface area (Å²) in [4.78, 5) is 8.46. The number of fused-ring (bicyclic) bond motifs is 1. The monoisotopic (exact) mass is 426 g/mol. The second-order valence-electron chi connectivity index (χ2n) is 6.61. The van der Waals surface area contributed by atoms with E-state index in [4.69, 9.17) is 4.74 Å². The van der Waals surface area contributed by atoms with Gasteiger partial charge in [-0.1, -0.05) is 12.1 Å². The van der Waals surface area contributed by atoms with Crippen LogP contribution in [0.25, 0.3) is 17.0 Å². The first-order valence-corrected chi connectivity index (χ1v) is 10.7. The molecule has 0 radical (unpaired) electrons. The van der Waals surface area contributed by atoms with E-state index in [1.807, 2.05) is 18.5 Å². The van der Waals surface area contributed by atoms with E-state index in [-0.39, 0.29) is 17.3 Å². The number of hydrogen-bond donors (Lipinski definition) is 1. The minimum atomic E-state index is -4.00. The van der Waals surface area contributed by atoms with Crippen molar-refractivity contribution < 1.29 is 17.5 Å².